The summed E-state index contributed by atoms with van der Waals surface area (Å²) >= 11 is 5.71. The number of nitrogens with two attached hydrogens (primary N) is 1. The summed E-state index contributed by atoms with van der Waals surface area (Å²) in [5.74, 6) is -0.140. The Balaban J connectivity index is 3.41. The van der Waals surface area contributed by atoms with E-state index in [1.165, 1.54) is 19.1 Å². The molecule has 0 atom stereocenters. The number of rotatable bonds is 1. The second kappa shape index (κ2) is 3.46. The largest absolute Gasteiger partial charge is 0.396 e. The summed E-state index contributed by atoms with van der Waals surface area (Å²) in [6.45, 7) is 1.41. The zero-order valence-electron chi connectivity index (χ0n) is 6.97. The fourth-order valence-electron chi connectivity index (χ4n) is 0.914. The Labute approximate surface area is 80.7 Å². The van der Waals surface area contributed by atoms with E-state index in [0.717, 1.165) is 0 Å². The van der Waals surface area contributed by atoms with E-state index in [9.17, 15) is 4.79 Å². The third kappa shape index (κ3) is 1.79. The van der Waals surface area contributed by atoms with Crippen molar-refractivity contribution in [3.63, 3.8) is 0 Å². The van der Waals surface area contributed by atoms with Gasteiger partial charge in [-0.25, -0.2) is 0 Å². The van der Waals surface area contributed by atoms with Gasteiger partial charge in [-0.2, -0.15) is 5.26 Å². The molecule has 4 heteroatoms. The summed E-state index contributed by atoms with van der Waals surface area (Å²) in [7, 11) is 0. The Morgan fingerprint density at radius 2 is 2.23 bits per heavy atom. The molecule has 0 aliphatic heterocycles. The molecule has 0 aliphatic rings. The lowest BCUT2D eigenvalue weighted by atomic mass is 10.1. The lowest BCUT2D eigenvalue weighted by Crippen LogP contribution is -1.97. The molecular weight excluding hydrogens is 188 g/mol. The summed E-state index contributed by atoms with van der Waals surface area (Å²) in [6, 6.07) is 4.76. The Morgan fingerprint density at radius 1 is 1.62 bits per heavy atom. The molecule has 0 spiro atoms. The van der Waals surface area contributed by atoms with Crippen LogP contribution >= 0.6 is 11.6 Å². The molecule has 0 saturated carbocycles. The first-order valence-corrected chi connectivity index (χ1v) is 3.94. The summed E-state index contributed by atoms with van der Waals surface area (Å²) in [5.41, 5.74) is 6.35. The summed E-state index contributed by atoms with van der Waals surface area (Å²) in [4.78, 5) is 11.0. The van der Waals surface area contributed by atoms with Crippen LogP contribution in [0.15, 0.2) is 12.1 Å². The molecule has 0 aromatic heterocycles. The van der Waals surface area contributed by atoms with Crippen molar-refractivity contribution in [2.24, 2.45) is 0 Å². The van der Waals surface area contributed by atoms with Gasteiger partial charge in [-0.3, -0.25) is 4.79 Å². The first-order valence-electron chi connectivity index (χ1n) is 3.56. The number of nitrogens with zero attached hydrogens (tertiary/aromatic N) is 1. The predicted molar refractivity (Wildman–Crippen MR) is 50.6 cm³/mol. The fourth-order valence-corrected chi connectivity index (χ4v) is 1.13. The van der Waals surface area contributed by atoms with Crippen molar-refractivity contribution in [2.75, 3.05) is 5.73 Å². The molecule has 0 radical (unpaired) electrons. The van der Waals surface area contributed by atoms with E-state index in [1.807, 2.05) is 6.07 Å². The van der Waals surface area contributed by atoms with Gasteiger partial charge < -0.3 is 5.73 Å². The Bertz CT molecular complexity index is 407. The second-order valence-corrected chi connectivity index (χ2v) is 2.99. The Hall–Kier alpha value is -1.53. The van der Waals surface area contributed by atoms with Crippen LogP contribution in [0.25, 0.3) is 0 Å². The highest BCUT2D eigenvalue weighted by Crippen LogP contribution is 2.24. The highest BCUT2D eigenvalue weighted by atomic mass is 35.5. The van der Waals surface area contributed by atoms with Crippen LogP contribution in [0.3, 0.4) is 0 Å². The van der Waals surface area contributed by atoms with Crippen molar-refractivity contribution in [2.45, 2.75) is 6.92 Å². The smallest absolute Gasteiger partial charge is 0.159 e. The number of carbonyl (C=O) groups excluding carboxylic acids is 1. The maximum Gasteiger partial charge on any atom is 0.159 e. The number of benzene rings is 1. The average molecular weight is 195 g/mol. The second-order valence-electron chi connectivity index (χ2n) is 2.59. The van der Waals surface area contributed by atoms with E-state index in [0.29, 0.717) is 5.56 Å². The van der Waals surface area contributed by atoms with E-state index in [1.54, 1.807) is 0 Å². The molecule has 3 nitrogen and oxygen atoms in total. The van der Waals surface area contributed by atoms with Crippen molar-refractivity contribution in [1.82, 2.24) is 0 Å². The minimum absolute atomic E-state index is 0.140. The molecule has 1 aromatic rings. The van der Waals surface area contributed by atoms with Crippen molar-refractivity contribution < 1.29 is 4.79 Å². The number of nitriles is 1. The van der Waals surface area contributed by atoms with Gasteiger partial charge in [0.25, 0.3) is 0 Å². The lowest BCUT2D eigenvalue weighted by molar-refractivity contribution is 0.101. The summed E-state index contributed by atoms with van der Waals surface area (Å²) in [5, 5.41) is 8.89. The van der Waals surface area contributed by atoms with Crippen LogP contribution in [0.2, 0.25) is 5.02 Å². The number of anilines is 1. The SMILES string of the molecule is CC(=O)c1cc(Cl)c(N)c(C#N)c1. The van der Waals surface area contributed by atoms with E-state index in [2.05, 4.69) is 0 Å². The van der Waals surface area contributed by atoms with Gasteiger partial charge in [-0.1, -0.05) is 11.6 Å². The number of nitrogen functional groups attached to an aromatic ring is 1. The standard InChI is InChI=1S/C9H7ClN2O/c1-5(13)6-2-7(4-11)9(12)8(10)3-6/h2-3H,12H2,1H3. The molecule has 1 rings (SSSR count). The third-order valence-corrected chi connectivity index (χ3v) is 1.97. The number of hydrogen-bond donors (Lipinski definition) is 1. The lowest BCUT2D eigenvalue weighted by Gasteiger charge is -2.02. The van der Waals surface area contributed by atoms with Gasteiger partial charge in [0.1, 0.15) is 6.07 Å². The number of ketones is 1. The summed E-state index contributed by atoms with van der Waals surface area (Å²) < 4.78 is 0. The van der Waals surface area contributed by atoms with Crippen LogP contribution in [0.4, 0.5) is 5.69 Å². The fraction of sp³-hybridized carbons (Fsp3) is 0.111. The minimum Gasteiger partial charge on any atom is -0.396 e. The van der Waals surface area contributed by atoms with E-state index in [4.69, 9.17) is 22.6 Å². The highest BCUT2D eigenvalue weighted by Gasteiger charge is 2.08. The first kappa shape index (κ1) is 9.56. The molecule has 0 unspecified atom stereocenters. The predicted octanol–water partition coefficient (Wildman–Crippen LogP) is 2.00. The molecule has 0 aliphatic carbocycles. The molecule has 66 valence electrons. The molecule has 2 N–H and O–H groups in total. The number of halogens is 1. The number of Topliss-reactive ketones (excluding diaryl/α,β-unsaturated/α-hetero) is 1. The van der Waals surface area contributed by atoms with Gasteiger partial charge in [0, 0.05) is 5.56 Å². The van der Waals surface area contributed by atoms with Crippen LogP contribution in [0, 0.1) is 11.3 Å². The number of carbonyl (C=O) groups is 1. The molecule has 0 amide bonds. The quantitative estimate of drug-likeness (QED) is 0.549. The van der Waals surface area contributed by atoms with Crippen LogP contribution < -0.4 is 5.73 Å². The maximum absolute atomic E-state index is 11.0. The monoisotopic (exact) mass is 194 g/mol. The van der Waals surface area contributed by atoms with E-state index in [-0.39, 0.29) is 22.1 Å². The molecule has 13 heavy (non-hydrogen) atoms. The van der Waals surface area contributed by atoms with Crippen LogP contribution in [0.1, 0.15) is 22.8 Å². The first-order chi connectivity index (χ1) is 6.06. The Kier molecular flexibility index (Phi) is 2.54. The third-order valence-electron chi connectivity index (χ3n) is 1.66. The maximum atomic E-state index is 11.0. The van der Waals surface area contributed by atoms with E-state index >= 15 is 0 Å². The molecule has 1 aromatic carbocycles. The average Bonchev–Trinajstić information content (AvgIpc) is 2.09. The van der Waals surface area contributed by atoms with Gasteiger partial charge in [-0.05, 0) is 19.1 Å². The molecule has 0 fully saturated rings. The van der Waals surface area contributed by atoms with Crippen molar-refractivity contribution in [3.8, 4) is 6.07 Å². The van der Waals surface area contributed by atoms with Gasteiger partial charge in [-0.15, -0.1) is 0 Å². The van der Waals surface area contributed by atoms with Crippen molar-refractivity contribution in [3.05, 3.63) is 28.3 Å². The van der Waals surface area contributed by atoms with Gasteiger partial charge >= 0.3 is 0 Å². The molecule has 0 bridgehead atoms. The molecular formula is C9H7ClN2O. The summed E-state index contributed by atoms with van der Waals surface area (Å²) in [6.07, 6.45) is 0. The number of hydrogen-bond acceptors (Lipinski definition) is 3. The van der Waals surface area contributed by atoms with Crippen molar-refractivity contribution >= 4 is 23.1 Å². The Morgan fingerprint density at radius 3 is 2.69 bits per heavy atom. The minimum atomic E-state index is -0.140. The van der Waals surface area contributed by atoms with Crippen LogP contribution in [-0.4, -0.2) is 5.78 Å². The molecule has 0 heterocycles. The normalized spacial score (nSPS) is 9.31. The van der Waals surface area contributed by atoms with Gasteiger partial charge in [0.05, 0.1) is 16.3 Å². The highest BCUT2D eigenvalue weighted by molar-refractivity contribution is 6.33. The molecule has 0 saturated heterocycles. The van der Waals surface area contributed by atoms with Crippen LogP contribution in [-0.2, 0) is 0 Å². The van der Waals surface area contributed by atoms with E-state index < -0.39 is 0 Å². The van der Waals surface area contributed by atoms with Crippen molar-refractivity contribution in [1.29, 1.82) is 5.26 Å². The van der Waals surface area contributed by atoms with Gasteiger partial charge in [0.15, 0.2) is 5.78 Å². The zero-order valence-corrected chi connectivity index (χ0v) is 7.72. The zero-order chi connectivity index (χ0) is 10.0. The topological polar surface area (TPSA) is 66.9 Å². The van der Waals surface area contributed by atoms with Crippen LogP contribution in [0.5, 0.6) is 0 Å². The van der Waals surface area contributed by atoms with Gasteiger partial charge in [0.2, 0.25) is 0 Å².